The first kappa shape index (κ1) is 27.7. The number of amides is 1. The van der Waals surface area contributed by atoms with E-state index in [0.717, 1.165) is 24.2 Å². The van der Waals surface area contributed by atoms with Gasteiger partial charge in [-0.3, -0.25) is 14.5 Å². The molecule has 0 saturated carbocycles. The number of nitrogens with zero attached hydrogens (tertiary/aromatic N) is 4. The number of aromatic nitrogens is 2. The first-order valence-electron chi connectivity index (χ1n) is 14.2. The molecule has 2 aromatic heterocycles. The van der Waals surface area contributed by atoms with E-state index in [2.05, 4.69) is 4.90 Å². The van der Waals surface area contributed by atoms with Crippen molar-refractivity contribution in [1.29, 1.82) is 0 Å². The van der Waals surface area contributed by atoms with Crippen molar-refractivity contribution < 1.29 is 24.2 Å². The third-order valence-electron chi connectivity index (χ3n) is 8.03. The van der Waals surface area contributed by atoms with Gasteiger partial charge in [0.15, 0.2) is 5.76 Å². The number of aliphatic hydroxyl groups is 1. The maximum atomic E-state index is 13.6. The first-order valence-corrected chi connectivity index (χ1v) is 14.2. The molecule has 4 aromatic rings. The molecule has 1 amide bonds. The van der Waals surface area contributed by atoms with Crippen molar-refractivity contribution >= 4 is 23.1 Å². The Morgan fingerprint density at radius 2 is 1.79 bits per heavy atom. The van der Waals surface area contributed by atoms with Crippen LogP contribution < -0.4 is 4.74 Å². The van der Waals surface area contributed by atoms with Crippen LogP contribution in [0.4, 0.5) is 0 Å². The summed E-state index contributed by atoms with van der Waals surface area (Å²) in [5.41, 5.74) is 4.34. The predicted molar refractivity (Wildman–Crippen MR) is 158 cm³/mol. The lowest BCUT2D eigenvalue weighted by Gasteiger charge is -2.31. The molecule has 6 rings (SSSR count). The normalized spacial score (nSPS) is 19.1. The number of Topliss-reactive ketones (excluding diaryl/α,β-unsaturated/α-hetero) is 1. The number of aliphatic hydroxyl groups excluding tert-OH is 1. The minimum Gasteiger partial charge on any atom is -0.505 e. The number of aryl methyl sites for hydroxylation is 2. The molecule has 1 atom stereocenters. The lowest BCUT2D eigenvalue weighted by atomic mass is 9.96. The molecule has 42 heavy (non-hydrogen) atoms. The molecule has 2 aliphatic rings. The Balaban J connectivity index is 1.40. The number of carbonyl (C=O) groups is 2. The molecule has 0 radical (unpaired) electrons. The number of ketones is 1. The Labute approximate surface area is 244 Å². The molecule has 0 spiro atoms. The van der Waals surface area contributed by atoms with Gasteiger partial charge >= 0.3 is 0 Å². The van der Waals surface area contributed by atoms with E-state index in [1.165, 1.54) is 0 Å². The number of ether oxygens (including phenoxy) is 2. The van der Waals surface area contributed by atoms with Crippen molar-refractivity contribution in [3.05, 3.63) is 107 Å². The summed E-state index contributed by atoms with van der Waals surface area (Å²) >= 11 is 0. The minimum absolute atomic E-state index is 0.0337. The zero-order valence-electron chi connectivity index (χ0n) is 23.8. The predicted octanol–water partition coefficient (Wildman–Crippen LogP) is 4.28. The molecule has 1 unspecified atom stereocenters. The number of carbonyl (C=O) groups excluding carboxylic acids is 2. The van der Waals surface area contributed by atoms with Gasteiger partial charge in [-0.05, 0) is 48.7 Å². The second kappa shape index (κ2) is 11.8. The molecule has 0 aliphatic carbocycles. The average Bonchev–Trinajstić information content (AvgIpc) is 3.49. The van der Waals surface area contributed by atoms with Gasteiger partial charge in [-0.2, -0.15) is 0 Å². The maximum Gasteiger partial charge on any atom is 0.295 e. The van der Waals surface area contributed by atoms with Crippen LogP contribution in [0, 0.1) is 13.8 Å². The quantitative estimate of drug-likeness (QED) is 0.193. The van der Waals surface area contributed by atoms with Crippen LogP contribution in [0.1, 0.15) is 34.1 Å². The molecule has 4 heterocycles. The number of fused-ring (bicyclic) bond motifs is 1. The van der Waals surface area contributed by atoms with E-state index in [-0.39, 0.29) is 17.0 Å². The van der Waals surface area contributed by atoms with Gasteiger partial charge in [-0.1, -0.05) is 48.5 Å². The van der Waals surface area contributed by atoms with Crippen LogP contribution in [0.3, 0.4) is 0 Å². The van der Waals surface area contributed by atoms with Crippen LogP contribution in [0.15, 0.2) is 78.5 Å². The standard InChI is InChI=1S/C33H34N4O5/c1-22-8-7-13-36-23(2)28(34-32(22)36)30(38)27-29(37(33(40)31(27)39)15-14-35-16-18-41-19-17-35)25-11-6-12-26(20-25)42-21-24-9-4-3-5-10-24/h3-13,20,29,38H,14-19,21H2,1-2H3. The summed E-state index contributed by atoms with van der Waals surface area (Å²) in [6.45, 7) is 7.86. The largest absolute Gasteiger partial charge is 0.505 e. The van der Waals surface area contributed by atoms with Crippen molar-refractivity contribution in [3.63, 3.8) is 0 Å². The van der Waals surface area contributed by atoms with Gasteiger partial charge in [0.1, 0.15) is 23.7 Å². The number of hydrogen-bond acceptors (Lipinski definition) is 7. The zero-order chi connectivity index (χ0) is 29.2. The van der Waals surface area contributed by atoms with Gasteiger partial charge in [0, 0.05) is 32.4 Å². The van der Waals surface area contributed by atoms with Crippen LogP contribution in [-0.4, -0.2) is 75.4 Å². The number of rotatable bonds is 8. The number of imidazole rings is 1. The van der Waals surface area contributed by atoms with E-state index < -0.39 is 17.7 Å². The van der Waals surface area contributed by atoms with Crippen LogP contribution in [-0.2, 0) is 20.9 Å². The third-order valence-corrected chi connectivity index (χ3v) is 8.03. The number of likely N-dealkylation sites (tertiary alicyclic amines) is 1. The highest BCUT2D eigenvalue weighted by Crippen LogP contribution is 2.40. The maximum absolute atomic E-state index is 13.6. The molecular formula is C33H34N4O5. The smallest absolute Gasteiger partial charge is 0.295 e. The Morgan fingerprint density at radius 3 is 2.55 bits per heavy atom. The summed E-state index contributed by atoms with van der Waals surface area (Å²) < 4.78 is 13.4. The Bertz CT molecular complexity index is 1660. The molecule has 1 N–H and O–H groups in total. The summed E-state index contributed by atoms with van der Waals surface area (Å²) in [6, 6.07) is 20.3. The highest BCUT2D eigenvalue weighted by Gasteiger charge is 2.46. The van der Waals surface area contributed by atoms with Gasteiger partial charge in [0.25, 0.3) is 11.7 Å². The van der Waals surface area contributed by atoms with Gasteiger partial charge in [-0.25, -0.2) is 4.98 Å². The van der Waals surface area contributed by atoms with Gasteiger partial charge in [-0.15, -0.1) is 0 Å². The molecule has 216 valence electrons. The molecule has 9 heteroatoms. The molecular weight excluding hydrogens is 532 g/mol. The highest BCUT2D eigenvalue weighted by molar-refractivity contribution is 6.46. The summed E-state index contributed by atoms with van der Waals surface area (Å²) in [5, 5.41) is 11.7. The van der Waals surface area contributed by atoms with Crippen LogP contribution >= 0.6 is 0 Å². The van der Waals surface area contributed by atoms with E-state index in [0.29, 0.717) is 55.6 Å². The van der Waals surface area contributed by atoms with Crippen LogP contribution in [0.25, 0.3) is 11.4 Å². The summed E-state index contributed by atoms with van der Waals surface area (Å²) in [4.78, 5) is 35.7. The molecule has 2 aliphatic heterocycles. The minimum atomic E-state index is -0.795. The Kier molecular flexibility index (Phi) is 7.78. The Morgan fingerprint density at radius 1 is 1.00 bits per heavy atom. The van der Waals surface area contributed by atoms with Gasteiger partial charge in [0.2, 0.25) is 0 Å². The van der Waals surface area contributed by atoms with Crippen LogP contribution in [0.5, 0.6) is 5.75 Å². The number of benzene rings is 2. The fourth-order valence-corrected chi connectivity index (χ4v) is 5.72. The number of morpholine rings is 1. The number of hydrogen-bond donors (Lipinski definition) is 1. The molecule has 2 saturated heterocycles. The highest BCUT2D eigenvalue weighted by atomic mass is 16.5. The number of pyridine rings is 1. The lowest BCUT2D eigenvalue weighted by Crippen LogP contribution is -2.42. The van der Waals surface area contributed by atoms with E-state index in [1.807, 2.05) is 91.2 Å². The SMILES string of the molecule is Cc1cccn2c(C)c(C(O)=C3C(=O)C(=O)N(CCN4CCOCC4)C3c3cccc(OCc4ccccc4)c3)nc12. The molecule has 2 fully saturated rings. The fourth-order valence-electron chi connectivity index (χ4n) is 5.72. The Hall–Kier alpha value is -4.47. The summed E-state index contributed by atoms with van der Waals surface area (Å²) in [5.74, 6) is -1.02. The lowest BCUT2D eigenvalue weighted by molar-refractivity contribution is -0.140. The second-order valence-corrected chi connectivity index (χ2v) is 10.7. The fraction of sp³-hybridized carbons (Fsp3) is 0.303. The second-order valence-electron chi connectivity index (χ2n) is 10.7. The van der Waals surface area contributed by atoms with Crippen LogP contribution in [0.2, 0.25) is 0 Å². The molecule has 2 aromatic carbocycles. The average molecular weight is 567 g/mol. The third kappa shape index (κ3) is 5.29. The topological polar surface area (TPSA) is 96.6 Å². The first-order chi connectivity index (χ1) is 20.4. The van der Waals surface area contributed by atoms with Gasteiger partial charge in [0.05, 0.1) is 30.5 Å². The van der Waals surface area contributed by atoms with Crippen molar-refractivity contribution in [2.75, 3.05) is 39.4 Å². The van der Waals surface area contributed by atoms with E-state index in [1.54, 1.807) is 4.90 Å². The summed E-state index contributed by atoms with van der Waals surface area (Å²) in [7, 11) is 0. The summed E-state index contributed by atoms with van der Waals surface area (Å²) in [6.07, 6.45) is 1.87. The van der Waals surface area contributed by atoms with E-state index in [4.69, 9.17) is 14.5 Å². The van der Waals surface area contributed by atoms with Crippen molar-refractivity contribution in [2.45, 2.75) is 26.5 Å². The van der Waals surface area contributed by atoms with Crippen molar-refractivity contribution in [2.24, 2.45) is 0 Å². The van der Waals surface area contributed by atoms with Gasteiger partial charge < -0.3 is 23.9 Å². The van der Waals surface area contributed by atoms with E-state index in [9.17, 15) is 14.7 Å². The zero-order valence-corrected chi connectivity index (χ0v) is 23.8. The van der Waals surface area contributed by atoms with E-state index >= 15 is 0 Å². The molecule has 9 nitrogen and oxygen atoms in total. The van der Waals surface area contributed by atoms with Crippen molar-refractivity contribution in [1.82, 2.24) is 19.2 Å². The monoisotopic (exact) mass is 566 g/mol. The molecule has 0 bridgehead atoms. The van der Waals surface area contributed by atoms with Crippen molar-refractivity contribution in [3.8, 4) is 5.75 Å².